The lowest BCUT2D eigenvalue weighted by Crippen LogP contribution is -2.45. The second-order valence-corrected chi connectivity index (χ2v) is 7.47. The first-order valence-corrected chi connectivity index (χ1v) is 9.95. The molecule has 29 heavy (non-hydrogen) atoms. The van der Waals surface area contributed by atoms with Gasteiger partial charge in [0.25, 0.3) is 0 Å². The molecule has 1 heterocycles. The molecule has 0 amide bonds. The summed E-state index contributed by atoms with van der Waals surface area (Å²) in [5.41, 5.74) is 1.01. The summed E-state index contributed by atoms with van der Waals surface area (Å²) in [6.45, 7) is 4.48. The van der Waals surface area contributed by atoms with Gasteiger partial charge in [0.15, 0.2) is 5.96 Å². The first-order valence-electron chi connectivity index (χ1n) is 9.95. The van der Waals surface area contributed by atoms with Crippen LogP contribution in [0.2, 0.25) is 0 Å². The van der Waals surface area contributed by atoms with Gasteiger partial charge in [0.2, 0.25) is 0 Å². The third-order valence-corrected chi connectivity index (χ3v) is 4.49. The summed E-state index contributed by atoms with van der Waals surface area (Å²) in [5, 5.41) is 6.42. The van der Waals surface area contributed by atoms with Gasteiger partial charge in [-0.1, -0.05) is 12.1 Å². The average molecular weight is 416 g/mol. The molecule has 0 spiro atoms. The van der Waals surface area contributed by atoms with Crippen LogP contribution < -0.4 is 15.4 Å². The van der Waals surface area contributed by atoms with Crippen LogP contribution in [0.4, 0.5) is 13.2 Å². The number of benzene rings is 1. The zero-order chi connectivity index (χ0) is 21.3. The maximum absolute atomic E-state index is 12.6. The molecule has 164 valence electrons. The number of likely N-dealkylation sites (tertiary alicyclic amines) is 1. The minimum Gasteiger partial charge on any atom is -0.492 e. The topological polar surface area (TPSA) is 52.1 Å². The Morgan fingerprint density at radius 1 is 1.34 bits per heavy atom. The summed E-state index contributed by atoms with van der Waals surface area (Å²) in [7, 11) is 3.99. The highest BCUT2D eigenvalue weighted by Crippen LogP contribution is 2.20. The molecule has 0 bridgehead atoms. The number of rotatable bonds is 9. The molecule has 6 nitrogen and oxygen atoms in total. The molecular weight excluding hydrogens is 383 g/mol. The van der Waals surface area contributed by atoms with Gasteiger partial charge in [-0.25, -0.2) is 4.99 Å². The van der Waals surface area contributed by atoms with Gasteiger partial charge in [0.1, 0.15) is 12.4 Å². The Kier molecular flexibility index (Phi) is 9.03. The van der Waals surface area contributed by atoms with Crippen molar-refractivity contribution >= 4 is 5.96 Å². The summed E-state index contributed by atoms with van der Waals surface area (Å²) in [6.07, 6.45) is -3.50. The highest BCUT2D eigenvalue weighted by Gasteiger charge is 2.34. The van der Waals surface area contributed by atoms with E-state index in [1.807, 2.05) is 45.3 Å². The number of nitrogens with zero attached hydrogens (tertiary/aromatic N) is 3. The normalized spacial score (nSPS) is 18.3. The molecule has 1 aromatic carbocycles. The van der Waals surface area contributed by atoms with E-state index in [0.29, 0.717) is 45.2 Å². The van der Waals surface area contributed by atoms with Crippen molar-refractivity contribution in [2.75, 3.05) is 53.4 Å². The molecule has 1 saturated heterocycles. The lowest BCUT2D eigenvalue weighted by atomic mass is 10.2. The Bertz CT molecular complexity index is 651. The fraction of sp³-hybridized carbons (Fsp3) is 0.650. The van der Waals surface area contributed by atoms with E-state index in [9.17, 15) is 13.2 Å². The quantitative estimate of drug-likeness (QED) is 0.479. The van der Waals surface area contributed by atoms with Crippen LogP contribution in [0.3, 0.4) is 0 Å². The van der Waals surface area contributed by atoms with Crippen molar-refractivity contribution in [1.29, 1.82) is 0 Å². The Balaban J connectivity index is 1.89. The van der Waals surface area contributed by atoms with Gasteiger partial charge in [-0.15, -0.1) is 0 Å². The average Bonchev–Trinajstić information content (AvgIpc) is 3.05. The number of halogens is 3. The Labute approximate surface area is 171 Å². The van der Waals surface area contributed by atoms with E-state index in [2.05, 4.69) is 20.5 Å². The number of alkyl halides is 3. The standard InChI is InChI=1S/C20H32F3N5O/c1-4-24-19(26-17-8-9-28(14-17)15-20(21,22)23)25-13-16-6-5-7-18(12-16)29-11-10-27(2)3/h5-7,12,17H,4,8-11,13-15H2,1-3H3,(H2,24,25,26). The molecule has 1 atom stereocenters. The Morgan fingerprint density at radius 3 is 2.83 bits per heavy atom. The maximum Gasteiger partial charge on any atom is 0.401 e. The number of guanidine groups is 1. The lowest BCUT2D eigenvalue weighted by molar-refractivity contribution is -0.143. The van der Waals surface area contributed by atoms with Gasteiger partial charge in [-0.2, -0.15) is 13.2 Å². The van der Waals surface area contributed by atoms with E-state index in [1.165, 1.54) is 4.90 Å². The Hall–Kier alpha value is -2.00. The smallest absolute Gasteiger partial charge is 0.401 e. The van der Waals surface area contributed by atoms with E-state index >= 15 is 0 Å². The molecule has 2 rings (SSSR count). The van der Waals surface area contributed by atoms with Crippen molar-refractivity contribution in [2.45, 2.75) is 32.1 Å². The van der Waals surface area contributed by atoms with Crippen LogP contribution in [0.15, 0.2) is 29.3 Å². The predicted octanol–water partition coefficient (Wildman–Crippen LogP) is 2.32. The monoisotopic (exact) mass is 415 g/mol. The van der Waals surface area contributed by atoms with Crippen molar-refractivity contribution in [3.63, 3.8) is 0 Å². The Morgan fingerprint density at radius 2 is 2.14 bits per heavy atom. The zero-order valence-corrected chi connectivity index (χ0v) is 17.4. The summed E-state index contributed by atoms with van der Waals surface area (Å²) >= 11 is 0. The van der Waals surface area contributed by atoms with Crippen molar-refractivity contribution in [2.24, 2.45) is 4.99 Å². The van der Waals surface area contributed by atoms with E-state index in [1.54, 1.807) is 0 Å². The molecule has 0 aromatic heterocycles. The third kappa shape index (κ3) is 9.36. The van der Waals surface area contributed by atoms with Crippen LogP contribution in [0.1, 0.15) is 18.9 Å². The number of ether oxygens (including phenoxy) is 1. The second-order valence-electron chi connectivity index (χ2n) is 7.47. The molecule has 9 heteroatoms. The highest BCUT2D eigenvalue weighted by molar-refractivity contribution is 5.80. The van der Waals surface area contributed by atoms with Crippen molar-refractivity contribution in [3.8, 4) is 5.75 Å². The van der Waals surface area contributed by atoms with E-state index in [0.717, 1.165) is 17.9 Å². The molecule has 1 fully saturated rings. The molecular formula is C20H32F3N5O. The van der Waals surface area contributed by atoms with Gasteiger partial charge in [-0.05, 0) is 45.1 Å². The highest BCUT2D eigenvalue weighted by atomic mass is 19.4. The van der Waals surface area contributed by atoms with Gasteiger partial charge in [-0.3, -0.25) is 4.90 Å². The summed E-state index contributed by atoms with van der Waals surface area (Å²) in [4.78, 5) is 8.07. The van der Waals surface area contributed by atoms with Crippen LogP contribution in [-0.4, -0.2) is 81.4 Å². The number of hydrogen-bond donors (Lipinski definition) is 2. The van der Waals surface area contributed by atoms with E-state index < -0.39 is 12.7 Å². The molecule has 2 N–H and O–H groups in total. The molecule has 0 aliphatic carbocycles. The predicted molar refractivity (Wildman–Crippen MR) is 109 cm³/mol. The van der Waals surface area contributed by atoms with Gasteiger partial charge < -0.3 is 20.3 Å². The fourth-order valence-electron chi connectivity index (χ4n) is 3.11. The number of hydrogen-bond acceptors (Lipinski definition) is 4. The number of likely N-dealkylation sites (N-methyl/N-ethyl adjacent to an activating group) is 1. The van der Waals surface area contributed by atoms with Gasteiger partial charge >= 0.3 is 6.18 Å². The SMILES string of the molecule is CCNC(=NCc1cccc(OCCN(C)C)c1)NC1CCN(CC(F)(F)F)C1. The summed E-state index contributed by atoms with van der Waals surface area (Å²) in [6, 6.07) is 7.74. The van der Waals surface area contributed by atoms with Gasteiger partial charge in [0, 0.05) is 32.2 Å². The van der Waals surface area contributed by atoms with Crippen LogP contribution in [0, 0.1) is 0 Å². The van der Waals surface area contributed by atoms with Crippen LogP contribution in [0.25, 0.3) is 0 Å². The van der Waals surface area contributed by atoms with Gasteiger partial charge in [0.05, 0.1) is 13.1 Å². The van der Waals surface area contributed by atoms with Crippen molar-refractivity contribution in [1.82, 2.24) is 20.4 Å². The summed E-state index contributed by atoms with van der Waals surface area (Å²) < 4.78 is 43.4. The summed E-state index contributed by atoms with van der Waals surface area (Å²) in [5.74, 6) is 1.42. The second kappa shape index (κ2) is 11.3. The van der Waals surface area contributed by atoms with E-state index in [4.69, 9.17) is 4.74 Å². The van der Waals surface area contributed by atoms with Crippen molar-refractivity contribution in [3.05, 3.63) is 29.8 Å². The maximum atomic E-state index is 12.6. The molecule has 0 radical (unpaired) electrons. The fourth-order valence-corrected chi connectivity index (χ4v) is 3.11. The molecule has 1 aliphatic rings. The first-order chi connectivity index (χ1) is 13.7. The number of nitrogens with one attached hydrogen (secondary N) is 2. The lowest BCUT2D eigenvalue weighted by Gasteiger charge is -2.19. The third-order valence-electron chi connectivity index (χ3n) is 4.49. The molecule has 1 unspecified atom stereocenters. The van der Waals surface area contributed by atoms with Crippen molar-refractivity contribution < 1.29 is 17.9 Å². The van der Waals surface area contributed by atoms with Crippen LogP contribution >= 0.6 is 0 Å². The number of aliphatic imine (C=N–C) groups is 1. The van der Waals surface area contributed by atoms with E-state index in [-0.39, 0.29) is 6.04 Å². The molecule has 1 aliphatic heterocycles. The minimum absolute atomic E-state index is 0.0455. The zero-order valence-electron chi connectivity index (χ0n) is 17.4. The molecule has 1 aromatic rings. The first kappa shape index (κ1) is 23.3. The van der Waals surface area contributed by atoms with Crippen LogP contribution in [-0.2, 0) is 6.54 Å². The largest absolute Gasteiger partial charge is 0.492 e. The minimum atomic E-state index is -4.16. The molecule has 0 saturated carbocycles. The van der Waals surface area contributed by atoms with Crippen LogP contribution in [0.5, 0.6) is 5.75 Å².